The molecule has 0 amide bonds. The van der Waals surface area contributed by atoms with Gasteiger partial charge in [-0.2, -0.15) is 4.98 Å². The average Bonchev–Trinajstić information content (AvgIpc) is 3.04. The van der Waals surface area contributed by atoms with Crippen molar-refractivity contribution in [2.24, 2.45) is 5.73 Å². The standard InChI is InChI=1S/C18H22N6O/c1-23-7-8-25-16(12-23)14-4-2-3-13(9-14)15-10-20-18-21-17(5-6-19)22-24(18)11-15/h2-4,9-11,16H,5-8,12,19H2,1H3. The molecule has 1 aromatic carbocycles. The van der Waals surface area contributed by atoms with Crippen LogP contribution in [0.25, 0.3) is 16.9 Å². The van der Waals surface area contributed by atoms with Crippen LogP contribution in [0.1, 0.15) is 17.5 Å². The predicted octanol–water partition coefficient (Wildman–Crippen LogP) is 1.30. The summed E-state index contributed by atoms with van der Waals surface area (Å²) in [6.07, 6.45) is 4.56. The first-order chi connectivity index (χ1) is 12.2. The summed E-state index contributed by atoms with van der Waals surface area (Å²) in [5, 5.41) is 4.44. The van der Waals surface area contributed by atoms with E-state index in [1.54, 1.807) is 4.52 Å². The molecule has 3 heterocycles. The fourth-order valence-corrected chi connectivity index (χ4v) is 3.11. The summed E-state index contributed by atoms with van der Waals surface area (Å²) in [5.41, 5.74) is 8.86. The molecule has 4 rings (SSSR count). The molecule has 25 heavy (non-hydrogen) atoms. The lowest BCUT2D eigenvalue weighted by molar-refractivity contribution is -0.0208. The van der Waals surface area contributed by atoms with Crippen LogP contribution in [0.5, 0.6) is 0 Å². The van der Waals surface area contributed by atoms with Crippen LogP contribution < -0.4 is 5.73 Å². The van der Waals surface area contributed by atoms with Crippen molar-refractivity contribution in [1.29, 1.82) is 0 Å². The van der Waals surface area contributed by atoms with Crippen molar-refractivity contribution in [2.75, 3.05) is 33.3 Å². The molecule has 1 fully saturated rings. The Morgan fingerprint density at radius 1 is 1.32 bits per heavy atom. The molecular weight excluding hydrogens is 316 g/mol. The van der Waals surface area contributed by atoms with E-state index < -0.39 is 0 Å². The van der Waals surface area contributed by atoms with Gasteiger partial charge in [0.1, 0.15) is 0 Å². The van der Waals surface area contributed by atoms with Crippen LogP contribution in [0, 0.1) is 0 Å². The molecule has 1 atom stereocenters. The minimum atomic E-state index is 0.109. The van der Waals surface area contributed by atoms with E-state index in [0.29, 0.717) is 18.7 Å². The molecule has 1 aliphatic rings. The summed E-state index contributed by atoms with van der Waals surface area (Å²) in [7, 11) is 2.13. The normalized spacial score (nSPS) is 18.7. The van der Waals surface area contributed by atoms with Crippen molar-refractivity contribution in [3.05, 3.63) is 48.0 Å². The predicted molar refractivity (Wildman–Crippen MR) is 95.2 cm³/mol. The Morgan fingerprint density at radius 2 is 2.24 bits per heavy atom. The number of likely N-dealkylation sites (N-methyl/N-ethyl adjacent to an activating group) is 1. The molecule has 2 N–H and O–H groups in total. The van der Waals surface area contributed by atoms with Crippen molar-refractivity contribution < 1.29 is 4.74 Å². The molecule has 130 valence electrons. The molecule has 1 aliphatic heterocycles. The van der Waals surface area contributed by atoms with Gasteiger partial charge in [0.25, 0.3) is 5.78 Å². The summed E-state index contributed by atoms with van der Waals surface area (Å²) in [6.45, 7) is 3.18. The first-order valence-electron chi connectivity index (χ1n) is 8.55. The molecule has 0 saturated carbocycles. The molecule has 0 radical (unpaired) electrons. The van der Waals surface area contributed by atoms with E-state index in [9.17, 15) is 0 Å². The van der Waals surface area contributed by atoms with E-state index in [4.69, 9.17) is 10.5 Å². The number of nitrogens with two attached hydrogens (primary N) is 1. The van der Waals surface area contributed by atoms with E-state index in [2.05, 4.69) is 51.3 Å². The lowest BCUT2D eigenvalue weighted by Crippen LogP contribution is -2.35. The largest absolute Gasteiger partial charge is 0.371 e. The van der Waals surface area contributed by atoms with Crippen LogP contribution in [0.2, 0.25) is 0 Å². The molecule has 3 aromatic rings. The van der Waals surface area contributed by atoms with E-state index in [0.717, 1.165) is 36.6 Å². The Bertz CT molecular complexity index is 877. The minimum Gasteiger partial charge on any atom is -0.371 e. The highest BCUT2D eigenvalue weighted by Crippen LogP contribution is 2.26. The number of nitrogens with zero attached hydrogens (tertiary/aromatic N) is 5. The molecule has 1 saturated heterocycles. The zero-order valence-electron chi connectivity index (χ0n) is 14.3. The van der Waals surface area contributed by atoms with Gasteiger partial charge in [0, 0.05) is 37.5 Å². The maximum Gasteiger partial charge on any atom is 0.252 e. The second kappa shape index (κ2) is 6.87. The Hall–Kier alpha value is -2.35. The monoisotopic (exact) mass is 338 g/mol. The van der Waals surface area contributed by atoms with Gasteiger partial charge in [-0.1, -0.05) is 18.2 Å². The van der Waals surface area contributed by atoms with Crippen LogP contribution in [0.4, 0.5) is 0 Å². The molecule has 7 heteroatoms. The first kappa shape index (κ1) is 16.1. The fraction of sp³-hybridized carbons (Fsp3) is 0.389. The van der Waals surface area contributed by atoms with Crippen molar-refractivity contribution in [3.63, 3.8) is 0 Å². The maximum absolute atomic E-state index is 5.93. The molecule has 1 unspecified atom stereocenters. The van der Waals surface area contributed by atoms with Crippen molar-refractivity contribution in [3.8, 4) is 11.1 Å². The molecular formula is C18H22N6O. The lowest BCUT2D eigenvalue weighted by Gasteiger charge is -2.30. The van der Waals surface area contributed by atoms with Crippen molar-refractivity contribution in [2.45, 2.75) is 12.5 Å². The number of hydrogen-bond donors (Lipinski definition) is 1. The van der Waals surface area contributed by atoms with Gasteiger partial charge < -0.3 is 15.4 Å². The van der Waals surface area contributed by atoms with Gasteiger partial charge in [-0.15, -0.1) is 5.10 Å². The van der Waals surface area contributed by atoms with Crippen LogP contribution >= 0.6 is 0 Å². The lowest BCUT2D eigenvalue weighted by atomic mass is 10.0. The second-order valence-corrected chi connectivity index (χ2v) is 6.40. The highest BCUT2D eigenvalue weighted by Gasteiger charge is 2.19. The number of hydrogen-bond acceptors (Lipinski definition) is 6. The smallest absolute Gasteiger partial charge is 0.252 e. The van der Waals surface area contributed by atoms with Crippen LogP contribution in [0.3, 0.4) is 0 Å². The van der Waals surface area contributed by atoms with Crippen LogP contribution in [0.15, 0.2) is 36.7 Å². The van der Waals surface area contributed by atoms with Crippen molar-refractivity contribution in [1.82, 2.24) is 24.5 Å². The van der Waals surface area contributed by atoms with Gasteiger partial charge in [-0.25, -0.2) is 9.50 Å². The van der Waals surface area contributed by atoms with Gasteiger partial charge in [0.05, 0.1) is 12.7 Å². The first-order valence-corrected chi connectivity index (χ1v) is 8.55. The van der Waals surface area contributed by atoms with Gasteiger partial charge >= 0.3 is 0 Å². The second-order valence-electron chi connectivity index (χ2n) is 6.40. The Morgan fingerprint density at radius 3 is 3.08 bits per heavy atom. The Labute approximate surface area is 146 Å². The zero-order chi connectivity index (χ0) is 17.2. The number of benzene rings is 1. The number of rotatable bonds is 4. The van der Waals surface area contributed by atoms with E-state index in [-0.39, 0.29) is 6.10 Å². The highest BCUT2D eigenvalue weighted by atomic mass is 16.5. The number of fused-ring (bicyclic) bond motifs is 1. The summed E-state index contributed by atoms with van der Waals surface area (Å²) >= 11 is 0. The SMILES string of the molecule is CN1CCOC(c2cccc(-c3cnc4nc(CCN)nn4c3)c2)C1. The average molecular weight is 338 g/mol. The summed E-state index contributed by atoms with van der Waals surface area (Å²) in [6, 6.07) is 8.43. The Balaban J connectivity index is 1.64. The van der Waals surface area contributed by atoms with E-state index in [1.165, 1.54) is 5.56 Å². The van der Waals surface area contributed by atoms with Gasteiger partial charge in [-0.05, 0) is 30.8 Å². The van der Waals surface area contributed by atoms with E-state index >= 15 is 0 Å². The number of morpholine rings is 1. The molecule has 0 aliphatic carbocycles. The van der Waals surface area contributed by atoms with Gasteiger partial charge in [0.15, 0.2) is 5.82 Å². The minimum absolute atomic E-state index is 0.109. The Kier molecular flexibility index (Phi) is 4.44. The summed E-state index contributed by atoms with van der Waals surface area (Å²) in [5.74, 6) is 1.32. The summed E-state index contributed by atoms with van der Waals surface area (Å²) in [4.78, 5) is 11.1. The van der Waals surface area contributed by atoms with Crippen molar-refractivity contribution >= 4 is 5.78 Å². The third-order valence-electron chi connectivity index (χ3n) is 4.47. The molecule has 0 bridgehead atoms. The fourth-order valence-electron chi connectivity index (χ4n) is 3.11. The van der Waals surface area contributed by atoms with E-state index in [1.807, 2.05) is 12.4 Å². The third kappa shape index (κ3) is 3.39. The van der Waals surface area contributed by atoms with Crippen LogP contribution in [-0.4, -0.2) is 57.8 Å². The molecule has 0 spiro atoms. The summed E-state index contributed by atoms with van der Waals surface area (Å²) < 4.78 is 7.65. The number of ether oxygens (including phenoxy) is 1. The number of aromatic nitrogens is 4. The van der Waals surface area contributed by atoms with Crippen LogP contribution in [-0.2, 0) is 11.2 Å². The zero-order valence-corrected chi connectivity index (χ0v) is 14.3. The molecule has 7 nitrogen and oxygen atoms in total. The highest BCUT2D eigenvalue weighted by molar-refractivity contribution is 5.63. The van der Waals surface area contributed by atoms with Gasteiger partial charge in [-0.3, -0.25) is 0 Å². The quantitative estimate of drug-likeness (QED) is 0.772. The van der Waals surface area contributed by atoms with Gasteiger partial charge in [0.2, 0.25) is 0 Å². The topological polar surface area (TPSA) is 81.6 Å². The molecule has 2 aromatic heterocycles. The third-order valence-corrected chi connectivity index (χ3v) is 4.47. The maximum atomic E-state index is 5.93.